The lowest BCUT2D eigenvalue weighted by molar-refractivity contribution is -0.125. The third-order valence-electron chi connectivity index (χ3n) is 2.52. The second-order valence-corrected chi connectivity index (χ2v) is 5.57. The molecule has 0 aliphatic rings. The number of hydrogen-bond acceptors (Lipinski definition) is 3. The maximum absolute atomic E-state index is 13.4. The Morgan fingerprint density at radius 3 is 2.57 bits per heavy atom. The number of ether oxygens (including phenoxy) is 1. The van der Waals surface area contributed by atoms with Crippen LogP contribution in [-0.2, 0) is 9.59 Å². The molecule has 7 heteroatoms. The monoisotopic (exact) mass is 360 g/mol. The molecular weight excluding hydrogens is 343 g/mol. The lowest BCUT2D eigenvalue weighted by Crippen LogP contribution is -2.38. The highest BCUT2D eigenvalue weighted by Crippen LogP contribution is 2.21. The first-order valence-corrected chi connectivity index (χ1v) is 7.31. The molecule has 21 heavy (non-hydrogen) atoms. The van der Waals surface area contributed by atoms with E-state index in [0.29, 0.717) is 17.6 Å². The fourth-order valence-electron chi connectivity index (χ4n) is 1.38. The van der Waals surface area contributed by atoms with Gasteiger partial charge in [0.05, 0.1) is 0 Å². The van der Waals surface area contributed by atoms with Gasteiger partial charge in [-0.3, -0.25) is 9.59 Å². The Bertz CT molecular complexity index is 509. The zero-order chi connectivity index (χ0) is 15.8. The molecule has 0 aromatic heterocycles. The Morgan fingerprint density at radius 1 is 1.29 bits per heavy atom. The van der Waals surface area contributed by atoms with E-state index in [1.807, 2.05) is 0 Å². The average molecular weight is 361 g/mol. The van der Waals surface area contributed by atoms with Crippen LogP contribution in [0.25, 0.3) is 0 Å². The van der Waals surface area contributed by atoms with Gasteiger partial charge in [-0.25, -0.2) is 4.39 Å². The van der Waals surface area contributed by atoms with Gasteiger partial charge < -0.3 is 15.4 Å². The Morgan fingerprint density at radius 2 is 1.95 bits per heavy atom. The third-order valence-corrected chi connectivity index (χ3v) is 3.02. The fraction of sp³-hybridized carbons (Fsp3) is 0.429. The molecule has 0 saturated heterocycles. The van der Waals surface area contributed by atoms with E-state index in [1.165, 1.54) is 12.1 Å². The van der Waals surface area contributed by atoms with Crippen LogP contribution in [0.5, 0.6) is 5.75 Å². The molecule has 1 rings (SSSR count). The van der Waals surface area contributed by atoms with Gasteiger partial charge in [-0.1, -0.05) is 29.8 Å². The molecule has 0 radical (unpaired) electrons. The van der Waals surface area contributed by atoms with E-state index in [-0.39, 0.29) is 30.1 Å². The zero-order valence-electron chi connectivity index (χ0n) is 11.9. The zero-order valence-corrected chi connectivity index (χ0v) is 13.5. The molecule has 0 atom stereocenters. The molecule has 0 fully saturated rings. The van der Waals surface area contributed by atoms with Crippen molar-refractivity contribution in [2.45, 2.75) is 13.8 Å². The molecule has 1 aromatic carbocycles. The molecule has 0 saturated carbocycles. The Kier molecular flexibility index (Phi) is 7.14. The van der Waals surface area contributed by atoms with Crippen molar-refractivity contribution in [1.82, 2.24) is 10.6 Å². The van der Waals surface area contributed by atoms with Crippen molar-refractivity contribution in [2.75, 3.05) is 19.7 Å². The predicted octanol–water partition coefficient (Wildman–Crippen LogP) is 1.86. The summed E-state index contributed by atoms with van der Waals surface area (Å²) in [5, 5.41) is 5.23. The standard InChI is InChI=1S/C14H18BrFN2O3/c1-9(2)14(20)18-6-5-17-13(19)8-21-12-4-3-10(15)7-11(12)16/h3-4,7,9H,5-6,8H2,1-2H3,(H,17,19)(H,18,20). The first-order chi connectivity index (χ1) is 9.90. The van der Waals surface area contributed by atoms with Crippen molar-refractivity contribution < 1.29 is 18.7 Å². The molecule has 1 aromatic rings. The van der Waals surface area contributed by atoms with Crippen molar-refractivity contribution in [3.8, 4) is 5.75 Å². The molecule has 0 aliphatic heterocycles. The first kappa shape index (κ1) is 17.4. The molecule has 0 heterocycles. The molecule has 5 nitrogen and oxygen atoms in total. The van der Waals surface area contributed by atoms with Crippen molar-refractivity contribution in [1.29, 1.82) is 0 Å². The van der Waals surface area contributed by atoms with Gasteiger partial charge in [0.2, 0.25) is 5.91 Å². The van der Waals surface area contributed by atoms with Crippen LogP contribution in [0.3, 0.4) is 0 Å². The van der Waals surface area contributed by atoms with Gasteiger partial charge in [-0.15, -0.1) is 0 Å². The van der Waals surface area contributed by atoms with Gasteiger partial charge in [-0.2, -0.15) is 0 Å². The van der Waals surface area contributed by atoms with Crippen LogP contribution < -0.4 is 15.4 Å². The molecular formula is C14H18BrFN2O3. The van der Waals surface area contributed by atoms with E-state index in [1.54, 1.807) is 19.9 Å². The van der Waals surface area contributed by atoms with Gasteiger partial charge >= 0.3 is 0 Å². The molecule has 0 bridgehead atoms. The summed E-state index contributed by atoms with van der Waals surface area (Å²) >= 11 is 3.13. The summed E-state index contributed by atoms with van der Waals surface area (Å²) in [6.07, 6.45) is 0. The third kappa shape index (κ3) is 6.57. The Labute approximate surface area is 131 Å². The molecule has 116 valence electrons. The van der Waals surface area contributed by atoms with Gasteiger partial charge in [0.25, 0.3) is 5.91 Å². The van der Waals surface area contributed by atoms with Crippen LogP contribution in [0.15, 0.2) is 22.7 Å². The van der Waals surface area contributed by atoms with Crippen LogP contribution in [0.2, 0.25) is 0 Å². The average Bonchev–Trinajstić information content (AvgIpc) is 2.42. The highest BCUT2D eigenvalue weighted by Gasteiger charge is 2.08. The quantitative estimate of drug-likeness (QED) is 0.729. The van der Waals surface area contributed by atoms with E-state index < -0.39 is 5.82 Å². The number of amides is 2. The van der Waals surface area contributed by atoms with E-state index in [2.05, 4.69) is 26.6 Å². The summed E-state index contributed by atoms with van der Waals surface area (Å²) < 4.78 is 19.1. The van der Waals surface area contributed by atoms with Crippen LogP contribution in [-0.4, -0.2) is 31.5 Å². The van der Waals surface area contributed by atoms with E-state index in [0.717, 1.165) is 0 Å². The van der Waals surface area contributed by atoms with Crippen LogP contribution in [0.1, 0.15) is 13.8 Å². The van der Waals surface area contributed by atoms with Crippen molar-refractivity contribution in [2.24, 2.45) is 5.92 Å². The number of rotatable bonds is 7. The van der Waals surface area contributed by atoms with Crippen molar-refractivity contribution in [3.63, 3.8) is 0 Å². The minimum Gasteiger partial charge on any atom is -0.481 e. The minimum absolute atomic E-state index is 0.0152. The smallest absolute Gasteiger partial charge is 0.258 e. The number of halogens is 2. The number of carbonyl (C=O) groups excluding carboxylic acids is 2. The summed E-state index contributed by atoms with van der Waals surface area (Å²) in [5.74, 6) is -1.07. The highest BCUT2D eigenvalue weighted by molar-refractivity contribution is 9.10. The normalized spacial score (nSPS) is 10.3. The lowest BCUT2D eigenvalue weighted by Gasteiger charge is -2.10. The van der Waals surface area contributed by atoms with E-state index in [9.17, 15) is 14.0 Å². The summed E-state index contributed by atoms with van der Waals surface area (Å²) in [6.45, 7) is 3.93. The van der Waals surface area contributed by atoms with E-state index in [4.69, 9.17) is 4.74 Å². The van der Waals surface area contributed by atoms with Gasteiger partial charge in [0, 0.05) is 23.5 Å². The predicted molar refractivity (Wildman–Crippen MR) is 80.5 cm³/mol. The fourth-order valence-corrected chi connectivity index (χ4v) is 1.71. The number of nitrogens with one attached hydrogen (secondary N) is 2. The first-order valence-electron chi connectivity index (χ1n) is 6.52. The molecule has 2 N–H and O–H groups in total. The maximum Gasteiger partial charge on any atom is 0.258 e. The second-order valence-electron chi connectivity index (χ2n) is 4.66. The molecule has 0 aliphatic carbocycles. The van der Waals surface area contributed by atoms with Crippen molar-refractivity contribution >= 4 is 27.7 Å². The largest absolute Gasteiger partial charge is 0.481 e. The summed E-state index contributed by atoms with van der Waals surface area (Å²) in [4.78, 5) is 22.8. The summed E-state index contributed by atoms with van der Waals surface area (Å²) in [5.41, 5.74) is 0. The van der Waals surface area contributed by atoms with Crippen LogP contribution in [0, 0.1) is 11.7 Å². The molecule has 0 unspecified atom stereocenters. The highest BCUT2D eigenvalue weighted by atomic mass is 79.9. The number of hydrogen-bond donors (Lipinski definition) is 2. The lowest BCUT2D eigenvalue weighted by atomic mass is 10.2. The van der Waals surface area contributed by atoms with Gasteiger partial charge in [-0.05, 0) is 18.2 Å². The van der Waals surface area contributed by atoms with E-state index >= 15 is 0 Å². The number of benzene rings is 1. The SMILES string of the molecule is CC(C)C(=O)NCCNC(=O)COc1ccc(Br)cc1F. The van der Waals surface area contributed by atoms with Crippen molar-refractivity contribution in [3.05, 3.63) is 28.5 Å². The topological polar surface area (TPSA) is 67.4 Å². The molecule has 0 spiro atoms. The summed E-state index contributed by atoms with van der Waals surface area (Å²) in [6, 6.07) is 4.32. The second kappa shape index (κ2) is 8.61. The Balaban J connectivity index is 2.24. The Hall–Kier alpha value is -1.63. The molecule has 2 amide bonds. The van der Waals surface area contributed by atoms with Crippen LogP contribution >= 0.6 is 15.9 Å². The van der Waals surface area contributed by atoms with Gasteiger partial charge in [0.15, 0.2) is 18.2 Å². The van der Waals surface area contributed by atoms with Crippen LogP contribution in [0.4, 0.5) is 4.39 Å². The number of carbonyl (C=O) groups is 2. The summed E-state index contributed by atoms with van der Waals surface area (Å²) in [7, 11) is 0. The minimum atomic E-state index is -0.540. The van der Waals surface area contributed by atoms with Gasteiger partial charge in [0.1, 0.15) is 0 Å². The maximum atomic E-state index is 13.4.